The molecule has 2 rings (SSSR count). The van der Waals surface area contributed by atoms with Crippen LogP contribution in [0.15, 0.2) is 29.4 Å². The molecule has 6 heteroatoms. The van der Waals surface area contributed by atoms with E-state index in [4.69, 9.17) is 0 Å². The Morgan fingerprint density at radius 1 is 1.57 bits per heavy atom. The van der Waals surface area contributed by atoms with Crippen LogP contribution in [-0.2, 0) is 10.0 Å². The molecule has 14 heavy (non-hydrogen) atoms. The lowest BCUT2D eigenvalue weighted by atomic mass is 10.3. The molecule has 1 aliphatic heterocycles. The van der Waals surface area contributed by atoms with Crippen LogP contribution < -0.4 is 0 Å². The van der Waals surface area contributed by atoms with Crippen LogP contribution in [0.3, 0.4) is 0 Å². The molecular formula is C8H9IN2O2S. The minimum Gasteiger partial charge on any atom is -0.263 e. The minimum absolute atomic E-state index is 0.0952. The first-order valence-electron chi connectivity index (χ1n) is 4.18. The van der Waals surface area contributed by atoms with Crippen molar-refractivity contribution in [3.63, 3.8) is 0 Å². The average Bonchev–Trinajstić information content (AvgIpc) is 2.16. The van der Waals surface area contributed by atoms with E-state index in [2.05, 4.69) is 27.6 Å². The van der Waals surface area contributed by atoms with Gasteiger partial charge in [0.1, 0.15) is 4.90 Å². The van der Waals surface area contributed by atoms with Gasteiger partial charge in [-0.3, -0.25) is 4.98 Å². The van der Waals surface area contributed by atoms with E-state index >= 15 is 0 Å². The van der Waals surface area contributed by atoms with Gasteiger partial charge < -0.3 is 0 Å². The topological polar surface area (TPSA) is 50.3 Å². The van der Waals surface area contributed by atoms with Gasteiger partial charge in [0, 0.05) is 18.9 Å². The summed E-state index contributed by atoms with van der Waals surface area (Å²) in [5, 5.41) is 0. The van der Waals surface area contributed by atoms with Crippen molar-refractivity contribution in [1.82, 2.24) is 9.29 Å². The molecule has 0 amide bonds. The van der Waals surface area contributed by atoms with Crippen molar-refractivity contribution in [2.24, 2.45) is 0 Å². The van der Waals surface area contributed by atoms with Crippen molar-refractivity contribution in [2.75, 3.05) is 6.54 Å². The highest BCUT2D eigenvalue weighted by atomic mass is 127. The van der Waals surface area contributed by atoms with Crippen molar-refractivity contribution in [1.29, 1.82) is 0 Å². The Bertz CT molecular complexity index is 420. The highest BCUT2D eigenvalue weighted by Gasteiger charge is 2.36. The average molecular weight is 324 g/mol. The summed E-state index contributed by atoms with van der Waals surface area (Å²) in [5.74, 6) is 0. The van der Waals surface area contributed by atoms with Crippen LogP contribution >= 0.6 is 22.6 Å². The van der Waals surface area contributed by atoms with Crippen LogP contribution in [0.4, 0.5) is 0 Å². The molecule has 1 atom stereocenters. The van der Waals surface area contributed by atoms with Crippen LogP contribution in [0.1, 0.15) is 6.42 Å². The van der Waals surface area contributed by atoms with Gasteiger partial charge in [-0.2, -0.15) is 4.31 Å². The van der Waals surface area contributed by atoms with Gasteiger partial charge in [0.15, 0.2) is 0 Å². The van der Waals surface area contributed by atoms with Gasteiger partial charge in [-0.1, -0.05) is 22.6 Å². The van der Waals surface area contributed by atoms with E-state index in [0.29, 0.717) is 6.54 Å². The van der Waals surface area contributed by atoms with Gasteiger partial charge in [-0.25, -0.2) is 8.42 Å². The zero-order valence-corrected chi connectivity index (χ0v) is 10.3. The molecule has 0 bridgehead atoms. The summed E-state index contributed by atoms with van der Waals surface area (Å²) >= 11 is 2.13. The maximum atomic E-state index is 11.9. The first kappa shape index (κ1) is 10.3. The Labute approximate surface area is 96.5 Å². The van der Waals surface area contributed by atoms with Crippen molar-refractivity contribution < 1.29 is 8.42 Å². The van der Waals surface area contributed by atoms with E-state index in [0.717, 1.165) is 6.42 Å². The fourth-order valence-corrected chi connectivity index (χ4v) is 4.16. The molecule has 1 fully saturated rings. The third-order valence-electron chi connectivity index (χ3n) is 2.14. The normalized spacial score (nSPS) is 23.1. The molecular weight excluding hydrogens is 315 g/mol. The second-order valence-corrected chi connectivity index (χ2v) is 6.36. The first-order valence-corrected chi connectivity index (χ1v) is 6.87. The largest absolute Gasteiger partial charge is 0.263 e. The second-order valence-electron chi connectivity index (χ2n) is 3.03. The zero-order valence-electron chi connectivity index (χ0n) is 7.30. The Hall–Kier alpha value is -0.210. The number of sulfonamides is 1. The number of nitrogens with zero attached hydrogens (tertiary/aromatic N) is 2. The lowest BCUT2D eigenvalue weighted by Crippen LogP contribution is -2.47. The van der Waals surface area contributed by atoms with Gasteiger partial charge in [-0.05, 0) is 18.6 Å². The lowest BCUT2D eigenvalue weighted by molar-refractivity contribution is 0.292. The molecule has 0 spiro atoms. The Morgan fingerprint density at radius 2 is 2.36 bits per heavy atom. The molecule has 76 valence electrons. The first-order chi connectivity index (χ1) is 6.62. The number of pyridine rings is 1. The van der Waals surface area contributed by atoms with Crippen LogP contribution in [0.2, 0.25) is 0 Å². The van der Waals surface area contributed by atoms with E-state index in [1.165, 1.54) is 10.5 Å². The van der Waals surface area contributed by atoms with Crippen molar-refractivity contribution in [3.05, 3.63) is 24.5 Å². The fourth-order valence-electron chi connectivity index (χ4n) is 1.24. The maximum absolute atomic E-state index is 11.9. The van der Waals surface area contributed by atoms with Crippen LogP contribution in [0, 0.1) is 0 Å². The molecule has 1 aromatic heterocycles. The van der Waals surface area contributed by atoms with Crippen molar-refractivity contribution >= 4 is 32.6 Å². The molecule has 0 saturated carbocycles. The van der Waals surface area contributed by atoms with Gasteiger partial charge in [0.2, 0.25) is 10.0 Å². The highest BCUT2D eigenvalue weighted by Crippen LogP contribution is 2.30. The maximum Gasteiger partial charge on any atom is 0.245 e. The summed E-state index contributed by atoms with van der Waals surface area (Å²) in [6.07, 6.45) is 3.88. The molecule has 0 aromatic carbocycles. The molecule has 0 N–H and O–H groups in total. The van der Waals surface area contributed by atoms with E-state index in [-0.39, 0.29) is 8.94 Å². The van der Waals surface area contributed by atoms with E-state index in [9.17, 15) is 8.42 Å². The molecule has 4 nitrogen and oxygen atoms in total. The van der Waals surface area contributed by atoms with Crippen molar-refractivity contribution in [2.45, 2.75) is 15.4 Å². The predicted molar refractivity (Wildman–Crippen MR) is 60.6 cm³/mol. The highest BCUT2D eigenvalue weighted by molar-refractivity contribution is 14.1. The Kier molecular flexibility index (Phi) is 2.76. The molecule has 1 saturated heterocycles. The molecule has 2 heterocycles. The minimum atomic E-state index is -3.29. The Balaban J connectivity index is 2.34. The van der Waals surface area contributed by atoms with Gasteiger partial charge >= 0.3 is 0 Å². The summed E-state index contributed by atoms with van der Waals surface area (Å²) in [5.41, 5.74) is 0. The van der Waals surface area contributed by atoms with E-state index in [1.54, 1.807) is 18.3 Å². The molecule has 1 aromatic rings. The summed E-state index contributed by atoms with van der Waals surface area (Å²) in [4.78, 5) is 4.09. The standard InChI is InChI=1S/C8H9IN2O2S/c9-8-3-5-11(8)14(12,13)7-2-1-4-10-6-7/h1-2,4,6,8H,3,5H2/t8-/m1/s1. The number of aromatic nitrogens is 1. The third kappa shape index (κ3) is 1.66. The SMILES string of the molecule is O=S(=O)(c1cccnc1)N1CC[C@@H]1I. The third-order valence-corrected chi connectivity index (χ3v) is 5.71. The number of hydrogen-bond donors (Lipinski definition) is 0. The number of hydrogen-bond acceptors (Lipinski definition) is 3. The monoisotopic (exact) mass is 324 g/mol. The summed E-state index contributed by atoms with van der Waals surface area (Å²) in [6.45, 7) is 0.616. The van der Waals surface area contributed by atoms with E-state index < -0.39 is 10.0 Å². The second kappa shape index (κ2) is 3.74. The number of rotatable bonds is 2. The van der Waals surface area contributed by atoms with Gasteiger partial charge in [-0.15, -0.1) is 0 Å². The fraction of sp³-hybridized carbons (Fsp3) is 0.375. The molecule has 0 aliphatic carbocycles. The van der Waals surface area contributed by atoms with Gasteiger partial charge in [0.25, 0.3) is 0 Å². The van der Waals surface area contributed by atoms with E-state index in [1.807, 2.05) is 0 Å². The summed E-state index contributed by atoms with van der Waals surface area (Å²) in [7, 11) is -3.29. The predicted octanol–water partition coefficient (Wildman–Crippen LogP) is 1.24. The lowest BCUT2D eigenvalue weighted by Gasteiger charge is -2.35. The molecule has 0 unspecified atom stereocenters. The number of alkyl halides is 1. The zero-order chi connectivity index (χ0) is 10.2. The van der Waals surface area contributed by atoms with Crippen LogP contribution in [-0.4, -0.2) is 28.3 Å². The molecule has 0 radical (unpaired) electrons. The molecule has 1 aliphatic rings. The summed E-state index contributed by atoms with van der Waals surface area (Å²) in [6, 6.07) is 3.21. The van der Waals surface area contributed by atoms with Crippen LogP contribution in [0.5, 0.6) is 0 Å². The number of halogens is 1. The van der Waals surface area contributed by atoms with Crippen LogP contribution in [0.25, 0.3) is 0 Å². The quantitative estimate of drug-likeness (QED) is 0.467. The Morgan fingerprint density at radius 3 is 2.79 bits per heavy atom. The van der Waals surface area contributed by atoms with Gasteiger partial charge in [0.05, 0.1) is 4.05 Å². The van der Waals surface area contributed by atoms with Crippen molar-refractivity contribution in [3.8, 4) is 0 Å². The smallest absolute Gasteiger partial charge is 0.245 e. The summed E-state index contributed by atoms with van der Waals surface area (Å²) < 4.78 is 25.4.